The van der Waals surface area contributed by atoms with E-state index in [1.165, 1.54) is 0 Å². The highest BCUT2D eigenvalue weighted by Gasteiger charge is 2.33. The summed E-state index contributed by atoms with van der Waals surface area (Å²) in [6.07, 6.45) is 1.37. The molecule has 0 aromatic carbocycles. The van der Waals surface area contributed by atoms with E-state index in [9.17, 15) is 8.42 Å². The van der Waals surface area contributed by atoms with Gasteiger partial charge in [-0.1, -0.05) is 0 Å². The van der Waals surface area contributed by atoms with Crippen LogP contribution < -0.4 is 0 Å². The minimum Gasteiger partial charge on any atom is -0.300 e. The molecule has 2 saturated heterocycles. The van der Waals surface area contributed by atoms with Gasteiger partial charge in [-0.05, 0) is 6.42 Å². The molecule has 2 aliphatic heterocycles. The Kier molecular flexibility index (Phi) is 4.02. The van der Waals surface area contributed by atoms with Crippen molar-refractivity contribution in [1.82, 2.24) is 9.80 Å². The van der Waals surface area contributed by atoms with Gasteiger partial charge in [-0.15, -0.1) is 0 Å². The van der Waals surface area contributed by atoms with Gasteiger partial charge >= 0.3 is 0 Å². The average Bonchev–Trinajstić information content (AvgIpc) is 2.68. The second-order valence-corrected chi connectivity index (χ2v) is 7.07. The van der Waals surface area contributed by atoms with Gasteiger partial charge in [-0.2, -0.15) is 5.26 Å². The number of sulfone groups is 1. The van der Waals surface area contributed by atoms with E-state index >= 15 is 0 Å². The smallest absolute Gasteiger partial charge is 0.151 e. The molecule has 17 heavy (non-hydrogen) atoms. The van der Waals surface area contributed by atoms with Crippen LogP contribution in [0.15, 0.2) is 0 Å². The van der Waals surface area contributed by atoms with Crippen LogP contribution in [0.3, 0.4) is 0 Å². The lowest BCUT2D eigenvalue weighted by molar-refractivity contribution is 0.106. The normalized spacial score (nSPS) is 30.2. The molecule has 0 aromatic heterocycles. The molecule has 0 saturated carbocycles. The third-order valence-electron chi connectivity index (χ3n) is 3.67. The summed E-state index contributed by atoms with van der Waals surface area (Å²) in [5, 5.41) is 8.53. The summed E-state index contributed by atoms with van der Waals surface area (Å²) in [5.74, 6) is 0.692. The zero-order valence-corrected chi connectivity index (χ0v) is 10.8. The van der Waals surface area contributed by atoms with Gasteiger partial charge in [0.05, 0.1) is 17.6 Å². The van der Waals surface area contributed by atoms with Gasteiger partial charge < -0.3 is 0 Å². The van der Waals surface area contributed by atoms with Gasteiger partial charge in [0.2, 0.25) is 0 Å². The Morgan fingerprint density at radius 3 is 2.47 bits per heavy atom. The molecular formula is C11H19N3O2S. The Balaban J connectivity index is 1.78. The Morgan fingerprint density at radius 1 is 1.24 bits per heavy atom. The first-order valence-corrected chi connectivity index (χ1v) is 7.97. The molecule has 0 aromatic rings. The van der Waals surface area contributed by atoms with Crippen molar-refractivity contribution in [2.45, 2.75) is 18.9 Å². The minimum absolute atomic E-state index is 0.234. The molecule has 2 aliphatic rings. The highest BCUT2D eigenvalue weighted by atomic mass is 32.2. The number of nitriles is 1. The molecule has 0 N–H and O–H groups in total. The van der Waals surface area contributed by atoms with E-state index < -0.39 is 9.84 Å². The van der Waals surface area contributed by atoms with E-state index in [2.05, 4.69) is 15.9 Å². The van der Waals surface area contributed by atoms with Gasteiger partial charge in [0.1, 0.15) is 0 Å². The number of hydrogen-bond acceptors (Lipinski definition) is 5. The maximum atomic E-state index is 11.4. The molecule has 2 fully saturated rings. The van der Waals surface area contributed by atoms with Gasteiger partial charge in [-0.3, -0.25) is 9.80 Å². The zero-order chi connectivity index (χ0) is 12.3. The van der Waals surface area contributed by atoms with E-state index in [1.54, 1.807) is 0 Å². The van der Waals surface area contributed by atoms with Gasteiger partial charge in [0.15, 0.2) is 9.84 Å². The fourth-order valence-corrected chi connectivity index (χ4v) is 4.39. The quantitative estimate of drug-likeness (QED) is 0.695. The van der Waals surface area contributed by atoms with Gasteiger partial charge in [0.25, 0.3) is 0 Å². The Morgan fingerprint density at radius 2 is 1.94 bits per heavy atom. The standard InChI is InChI=1S/C11H19N3O2S/c12-3-1-4-13-5-7-14(8-6-13)11-2-9-17(15,16)10-11/h11H,1-2,4-10H2. The largest absolute Gasteiger partial charge is 0.300 e. The first-order valence-electron chi connectivity index (χ1n) is 6.14. The topological polar surface area (TPSA) is 64.4 Å². The Bertz CT molecular complexity index is 393. The minimum atomic E-state index is -2.77. The molecule has 1 atom stereocenters. The molecule has 96 valence electrons. The maximum Gasteiger partial charge on any atom is 0.151 e. The molecule has 0 spiro atoms. The van der Waals surface area contributed by atoms with Crippen molar-refractivity contribution in [2.75, 3.05) is 44.2 Å². The van der Waals surface area contributed by atoms with E-state index in [0.29, 0.717) is 17.9 Å². The molecule has 0 aliphatic carbocycles. The SMILES string of the molecule is N#CCCN1CCN(C2CCS(=O)(=O)C2)CC1. The van der Waals surface area contributed by atoms with E-state index in [-0.39, 0.29) is 6.04 Å². The van der Waals surface area contributed by atoms with Crippen LogP contribution in [-0.4, -0.2) is 68.5 Å². The van der Waals surface area contributed by atoms with Crippen molar-refractivity contribution >= 4 is 9.84 Å². The number of hydrogen-bond donors (Lipinski definition) is 0. The van der Waals surface area contributed by atoms with Crippen LogP contribution in [0, 0.1) is 11.3 Å². The van der Waals surface area contributed by atoms with Crippen LogP contribution >= 0.6 is 0 Å². The van der Waals surface area contributed by atoms with Crippen LogP contribution in [-0.2, 0) is 9.84 Å². The second-order valence-electron chi connectivity index (χ2n) is 4.84. The zero-order valence-electron chi connectivity index (χ0n) is 10.0. The summed E-state index contributed by atoms with van der Waals surface area (Å²) in [4.78, 5) is 4.58. The van der Waals surface area contributed by atoms with E-state index in [4.69, 9.17) is 5.26 Å². The molecule has 1 unspecified atom stereocenters. The van der Waals surface area contributed by atoms with Crippen LogP contribution in [0.4, 0.5) is 0 Å². The van der Waals surface area contributed by atoms with Crippen molar-refractivity contribution in [3.63, 3.8) is 0 Å². The lowest BCUT2D eigenvalue weighted by atomic mass is 10.2. The van der Waals surface area contributed by atoms with Crippen LogP contribution in [0.5, 0.6) is 0 Å². The fraction of sp³-hybridized carbons (Fsp3) is 0.909. The van der Waals surface area contributed by atoms with Crippen molar-refractivity contribution in [1.29, 1.82) is 5.26 Å². The molecule has 2 rings (SSSR count). The third-order valence-corrected chi connectivity index (χ3v) is 5.42. The monoisotopic (exact) mass is 257 g/mol. The summed E-state index contributed by atoms with van der Waals surface area (Å²) in [7, 11) is -2.77. The van der Waals surface area contributed by atoms with Gasteiger partial charge in [-0.25, -0.2) is 8.42 Å². The van der Waals surface area contributed by atoms with E-state index in [1.807, 2.05) is 0 Å². The number of rotatable bonds is 3. The highest BCUT2D eigenvalue weighted by Crippen LogP contribution is 2.19. The molecule has 2 heterocycles. The molecule has 0 bridgehead atoms. The first-order chi connectivity index (χ1) is 8.11. The van der Waals surface area contributed by atoms with Crippen molar-refractivity contribution in [3.8, 4) is 6.07 Å². The number of piperazine rings is 1. The lowest BCUT2D eigenvalue weighted by Gasteiger charge is -2.37. The maximum absolute atomic E-state index is 11.4. The predicted molar refractivity (Wildman–Crippen MR) is 65.3 cm³/mol. The fourth-order valence-electron chi connectivity index (χ4n) is 2.62. The average molecular weight is 257 g/mol. The molecule has 0 radical (unpaired) electrons. The Labute approximate surface area is 103 Å². The lowest BCUT2D eigenvalue weighted by Crippen LogP contribution is -2.50. The van der Waals surface area contributed by atoms with Crippen LogP contribution in [0.25, 0.3) is 0 Å². The third kappa shape index (κ3) is 3.41. The first kappa shape index (κ1) is 12.8. The van der Waals surface area contributed by atoms with Crippen LogP contribution in [0.2, 0.25) is 0 Å². The predicted octanol–water partition coefficient (Wildman–Crippen LogP) is -0.295. The summed E-state index contributed by atoms with van der Waals surface area (Å²) in [5.41, 5.74) is 0. The second kappa shape index (κ2) is 5.34. The molecule has 0 amide bonds. The van der Waals surface area contributed by atoms with Crippen LogP contribution in [0.1, 0.15) is 12.8 Å². The van der Waals surface area contributed by atoms with Crippen molar-refractivity contribution < 1.29 is 8.42 Å². The van der Waals surface area contributed by atoms with Crippen molar-refractivity contribution in [2.24, 2.45) is 0 Å². The molecule has 5 nitrogen and oxygen atoms in total. The van der Waals surface area contributed by atoms with Gasteiger partial charge in [0, 0.05) is 45.2 Å². The number of nitrogens with zero attached hydrogens (tertiary/aromatic N) is 3. The summed E-state index contributed by atoms with van der Waals surface area (Å²) < 4.78 is 22.8. The summed E-state index contributed by atoms with van der Waals surface area (Å²) >= 11 is 0. The van der Waals surface area contributed by atoms with E-state index in [0.717, 1.165) is 39.1 Å². The molecule has 6 heteroatoms. The summed E-state index contributed by atoms with van der Waals surface area (Å²) in [6.45, 7) is 4.63. The summed E-state index contributed by atoms with van der Waals surface area (Å²) in [6, 6.07) is 2.39. The Hall–Kier alpha value is -0.640. The molecular weight excluding hydrogens is 238 g/mol. The highest BCUT2D eigenvalue weighted by molar-refractivity contribution is 7.91. The van der Waals surface area contributed by atoms with Crippen molar-refractivity contribution in [3.05, 3.63) is 0 Å².